The predicted octanol–water partition coefficient (Wildman–Crippen LogP) is 3.51. The summed E-state index contributed by atoms with van der Waals surface area (Å²) in [5, 5.41) is 3.43. The van der Waals surface area contributed by atoms with Crippen LogP contribution in [0.2, 0.25) is 0 Å². The molecular weight excluding hydrogens is 226 g/mol. The molecule has 0 radical (unpaired) electrons. The van der Waals surface area contributed by atoms with E-state index in [1.54, 1.807) is 7.11 Å². The van der Waals surface area contributed by atoms with Gasteiger partial charge >= 0.3 is 0 Å². The summed E-state index contributed by atoms with van der Waals surface area (Å²) in [6.07, 6.45) is 2.74. The Morgan fingerprint density at radius 2 is 1.94 bits per heavy atom. The molecule has 100 valence electrons. The van der Waals surface area contributed by atoms with Crippen molar-refractivity contribution < 1.29 is 9.53 Å². The molecule has 3 nitrogen and oxygen atoms in total. The molecule has 0 aliphatic carbocycles. The predicted molar refractivity (Wildman–Crippen MR) is 75.3 cm³/mol. The Labute approximate surface area is 110 Å². The number of nitrogens with one attached hydrogen (secondary N) is 1. The fourth-order valence-electron chi connectivity index (χ4n) is 1.94. The first-order valence-electron chi connectivity index (χ1n) is 6.60. The molecular formula is C15H23NO2. The Morgan fingerprint density at radius 3 is 2.44 bits per heavy atom. The minimum atomic E-state index is 0.184. The monoisotopic (exact) mass is 249 g/mol. The Bertz CT molecular complexity index is 353. The minimum Gasteiger partial charge on any atom is -0.383 e. The van der Waals surface area contributed by atoms with Crippen LogP contribution in [0.25, 0.3) is 0 Å². The van der Waals surface area contributed by atoms with E-state index in [1.165, 1.54) is 0 Å². The molecule has 1 N–H and O–H groups in total. The van der Waals surface area contributed by atoms with Crippen LogP contribution in [0, 0.1) is 0 Å². The first-order chi connectivity index (χ1) is 8.71. The number of carbonyl (C=O) groups excluding carboxylic acids is 1. The normalized spacial score (nSPS) is 12.2. The van der Waals surface area contributed by atoms with Crippen LogP contribution in [-0.4, -0.2) is 25.5 Å². The molecule has 1 aromatic rings. The van der Waals surface area contributed by atoms with Crippen molar-refractivity contribution in [3.8, 4) is 0 Å². The molecule has 0 saturated heterocycles. The van der Waals surface area contributed by atoms with Gasteiger partial charge in [-0.2, -0.15) is 0 Å². The molecule has 1 atom stereocenters. The number of ether oxygens (including phenoxy) is 1. The fourth-order valence-corrected chi connectivity index (χ4v) is 1.94. The van der Waals surface area contributed by atoms with Crippen molar-refractivity contribution in [2.45, 2.75) is 39.2 Å². The zero-order valence-corrected chi connectivity index (χ0v) is 11.5. The van der Waals surface area contributed by atoms with Gasteiger partial charge in [-0.1, -0.05) is 20.3 Å². The van der Waals surface area contributed by atoms with E-state index in [0.717, 1.165) is 24.1 Å². The van der Waals surface area contributed by atoms with Crippen molar-refractivity contribution in [2.75, 3.05) is 19.0 Å². The van der Waals surface area contributed by atoms with E-state index in [2.05, 4.69) is 12.2 Å². The van der Waals surface area contributed by atoms with Crippen molar-refractivity contribution >= 4 is 11.5 Å². The first-order valence-corrected chi connectivity index (χ1v) is 6.60. The number of benzene rings is 1. The fraction of sp³-hybridized carbons (Fsp3) is 0.533. The second-order valence-electron chi connectivity index (χ2n) is 4.44. The van der Waals surface area contributed by atoms with Gasteiger partial charge in [0.25, 0.3) is 0 Å². The number of anilines is 1. The molecule has 0 aromatic heterocycles. The molecule has 1 rings (SSSR count). The summed E-state index contributed by atoms with van der Waals surface area (Å²) in [5.74, 6) is 0.184. The lowest BCUT2D eigenvalue weighted by Crippen LogP contribution is -2.24. The highest BCUT2D eigenvalue weighted by molar-refractivity contribution is 5.96. The Kier molecular flexibility index (Phi) is 6.44. The van der Waals surface area contributed by atoms with E-state index in [0.29, 0.717) is 19.1 Å². The molecule has 0 amide bonds. The van der Waals surface area contributed by atoms with E-state index in [4.69, 9.17) is 4.74 Å². The van der Waals surface area contributed by atoms with Crippen LogP contribution >= 0.6 is 0 Å². The first kappa shape index (κ1) is 14.7. The van der Waals surface area contributed by atoms with Gasteiger partial charge in [0.05, 0.1) is 6.61 Å². The summed E-state index contributed by atoms with van der Waals surface area (Å²) in [7, 11) is 1.72. The third-order valence-corrected chi connectivity index (χ3v) is 2.90. The van der Waals surface area contributed by atoms with Gasteiger partial charge in [0.1, 0.15) is 0 Å². The average Bonchev–Trinajstić information content (AvgIpc) is 2.39. The van der Waals surface area contributed by atoms with Crippen LogP contribution in [0.3, 0.4) is 0 Å². The Balaban J connectivity index is 2.63. The molecule has 1 unspecified atom stereocenters. The summed E-state index contributed by atoms with van der Waals surface area (Å²) in [5.41, 5.74) is 1.82. The smallest absolute Gasteiger partial charge is 0.162 e. The van der Waals surface area contributed by atoms with Gasteiger partial charge in [0.15, 0.2) is 5.78 Å². The van der Waals surface area contributed by atoms with E-state index in [-0.39, 0.29) is 5.78 Å². The van der Waals surface area contributed by atoms with Crippen LogP contribution in [0.1, 0.15) is 43.5 Å². The molecule has 0 fully saturated rings. The van der Waals surface area contributed by atoms with Gasteiger partial charge in [-0.3, -0.25) is 4.79 Å². The number of hydrogen-bond donors (Lipinski definition) is 1. The molecule has 0 heterocycles. The third kappa shape index (κ3) is 4.49. The Morgan fingerprint density at radius 1 is 1.28 bits per heavy atom. The number of Topliss-reactive ketones (excluding diaryl/α,β-unsaturated/α-hetero) is 1. The van der Waals surface area contributed by atoms with E-state index in [1.807, 2.05) is 31.2 Å². The molecule has 3 heteroatoms. The molecule has 1 aromatic carbocycles. The maximum absolute atomic E-state index is 11.5. The topological polar surface area (TPSA) is 38.3 Å². The van der Waals surface area contributed by atoms with Crippen LogP contribution in [0.5, 0.6) is 0 Å². The highest BCUT2D eigenvalue weighted by Gasteiger charge is 2.08. The zero-order valence-electron chi connectivity index (χ0n) is 11.5. The van der Waals surface area contributed by atoms with Gasteiger partial charge < -0.3 is 10.1 Å². The molecule has 0 aliphatic rings. The van der Waals surface area contributed by atoms with Crippen molar-refractivity contribution in [3.05, 3.63) is 29.8 Å². The van der Waals surface area contributed by atoms with Crippen molar-refractivity contribution in [1.82, 2.24) is 0 Å². The molecule has 0 bridgehead atoms. The molecule has 0 aliphatic heterocycles. The van der Waals surface area contributed by atoms with Gasteiger partial charge in [0.2, 0.25) is 0 Å². The zero-order chi connectivity index (χ0) is 13.4. The van der Waals surface area contributed by atoms with E-state index >= 15 is 0 Å². The lowest BCUT2D eigenvalue weighted by atomic mass is 10.1. The lowest BCUT2D eigenvalue weighted by molar-refractivity contribution is 0.0988. The maximum atomic E-state index is 11.5. The minimum absolute atomic E-state index is 0.184. The van der Waals surface area contributed by atoms with Crippen LogP contribution < -0.4 is 5.32 Å². The summed E-state index contributed by atoms with van der Waals surface area (Å²) < 4.78 is 5.19. The summed E-state index contributed by atoms with van der Waals surface area (Å²) in [6.45, 7) is 4.74. The SMILES string of the molecule is CCCC(COC)Nc1ccc(C(=O)CC)cc1. The van der Waals surface area contributed by atoms with E-state index in [9.17, 15) is 4.79 Å². The summed E-state index contributed by atoms with van der Waals surface area (Å²) in [4.78, 5) is 11.5. The van der Waals surface area contributed by atoms with Gasteiger partial charge in [-0.25, -0.2) is 0 Å². The van der Waals surface area contributed by atoms with E-state index < -0.39 is 0 Å². The second kappa shape index (κ2) is 7.88. The number of hydrogen-bond acceptors (Lipinski definition) is 3. The van der Waals surface area contributed by atoms with Crippen molar-refractivity contribution in [2.24, 2.45) is 0 Å². The van der Waals surface area contributed by atoms with Crippen LogP contribution in [-0.2, 0) is 4.74 Å². The number of rotatable bonds is 8. The third-order valence-electron chi connectivity index (χ3n) is 2.90. The van der Waals surface area contributed by atoms with Crippen molar-refractivity contribution in [3.63, 3.8) is 0 Å². The quantitative estimate of drug-likeness (QED) is 0.716. The average molecular weight is 249 g/mol. The highest BCUT2D eigenvalue weighted by Crippen LogP contribution is 2.14. The van der Waals surface area contributed by atoms with Gasteiger partial charge in [-0.05, 0) is 30.7 Å². The van der Waals surface area contributed by atoms with Gasteiger partial charge in [0, 0.05) is 30.8 Å². The molecule has 0 saturated carbocycles. The maximum Gasteiger partial charge on any atom is 0.162 e. The molecule has 18 heavy (non-hydrogen) atoms. The van der Waals surface area contributed by atoms with Crippen LogP contribution in [0.4, 0.5) is 5.69 Å². The lowest BCUT2D eigenvalue weighted by Gasteiger charge is -2.18. The number of carbonyl (C=O) groups is 1. The number of ketones is 1. The Hall–Kier alpha value is -1.35. The number of methoxy groups -OCH3 is 1. The second-order valence-corrected chi connectivity index (χ2v) is 4.44. The molecule has 0 spiro atoms. The summed E-state index contributed by atoms with van der Waals surface area (Å²) >= 11 is 0. The largest absolute Gasteiger partial charge is 0.383 e. The highest BCUT2D eigenvalue weighted by atomic mass is 16.5. The van der Waals surface area contributed by atoms with Crippen LogP contribution in [0.15, 0.2) is 24.3 Å². The standard InChI is InChI=1S/C15H23NO2/c1-4-6-14(11-18-3)16-13-9-7-12(8-10-13)15(17)5-2/h7-10,14,16H,4-6,11H2,1-3H3. The van der Waals surface area contributed by atoms with Crippen molar-refractivity contribution in [1.29, 1.82) is 0 Å². The summed E-state index contributed by atoms with van der Waals surface area (Å²) in [6, 6.07) is 8.00. The van der Waals surface area contributed by atoms with Gasteiger partial charge in [-0.15, -0.1) is 0 Å².